The molecule has 0 unspecified atom stereocenters. The fraction of sp³-hybridized carbons (Fsp3) is 0.706. The molecule has 24 heavy (non-hydrogen) atoms. The van der Waals surface area contributed by atoms with Gasteiger partial charge in [-0.05, 0) is 17.8 Å². The Bertz CT molecular complexity index is 290. The molecule has 144 valence electrons. The van der Waals surface area contributed by atoms with E-state index in [2.05, 4.69) is 0 Å². The minimum absolute atomic E-state index is 0. The van der Waals surface area contributed by atoms with Crippen LogP contribution < -0.4 is 4.40 Å². The third kappa shape index (κ3) is 34.0. The summed E-state index contributed by atoms with van der Waals surface area (Å²) < 4.78 is 23.9. The van der Waals surface area contributed by atoms with E-state index < -0.39 is 15.3 Å². The normalized spacial score (nSPS) is 9.46. The molecule has 0 aliphatic carbocycles. The van der Waals surface area contributed by atoms with E-state index >= 15 is 0 Å². The molecule has 0 saturated heterocycles. The van der Waals surface area contributed by atoms with E-state index in [0.717, 1.165) is 0 Å². The van der Waals surface area contributed by atoms with Gasteiger partial charge in [0.2, 0.25) is 0 Å². The quantitative estimate of drug-likeness (QED) is 0.382. The van der Waals surface area contributed by atoms with Gasteiger partial charge in [-0.3, -0.25) is 0 Å². The van der Waals surface area contributed by atoms with Crippen LogP contribution in [0.2, 0.25) is 0 Å². The van der Waals surface area contributed by atoms with Crippen molar-refractivity contribution in [2.24, 2.45) is 17.8 Å². The fourth-order valence-corrected chi connectivity index (χ4v) is 1.61. The summed E-state index contributed by atoms with van der Waals surface area (Å²) in [5.41, 5.74) is 0. The Balaban J connectivity index is -0.000000113. The van der Waals surface area contributed by atoms with Gasteiger partial charge in [0.05, 0.1) is 0 Å². The number of aliphatic hydroxyl groups is 3. The van der Waals surface area contributed by atoms with Crippen molar-refractivity contribution >= 4 is 19.7 Å². The van der Waals surface area contributed by atoms with E-state index in [0.29, 0.717) is 37.6 Å². The zero-order valence-corrected chi connectivity index (χ0v) is 21.9. The zero-order valence-electron chi connectivity index (χ0n) is 15.8. The molecule has 0 amide bonds. The Morgan fingerprint density at radius 1 is 0.750 bits per heavy atom. The van der Waals surface area contributed by atoms with Gasteiger partial charge >= 0.3 is 50.9 Å². The molecule has 7 heteroatoms. The summed E-state index contributed by atoms with van der Waals surface area (Å²) >= 11 is -3.89. The monoisotopic (exact) mass is 579 g/mol. The molecular weight excluding hydrogens is 541 g/mol. The Kier molecular flexibility index (Phi) is 31.5. The van der Waals surface area contributed by atoms with Crippen molar-refractivity contribution in [2.45, 2.75) is 41.5 Å². The van der Waals surface area contributed by atoms with Crippen molar-refractivity contribution in [1.82, 2.24) is 0 Å². The first-order valence-corrected chi connectivity index (χ1v) is 11.0. The summed E-state index contributed by atoms with van der Waals surface area (Å²) in [5, 5.41) is 24.4. The minimum atomic E-state index is -3.89. The van der Waals surface area contributed by atoms with Crippen LogP contribution in [0.4, 0.5) is 7.00 Å². The van der Waals surface area contributed by atoms with E-state index in [1.54, 1.807) is 12.1 Å². The van der Waals surface area contributed by atoms with Crippen LogP contribution in [0, 0.1) is 17.8 Å². The molecule has 3 nitrogen and oxygen atoms in total. The molecule has 0 aliphatic rings. The third-order valence-electron chi connectivity index (χ3n) is 2.04. The number of halogens is 2. The smallest absolute Gasteiger partial charge is 0 e. The molecule has 0 atom stereocenters. The maximum Gasteiger partial charge on any atom is 0 e. The standard InChI is InChI=1S/C5H5F2Ge.3C4H10O.Hf/c6-8(7)5-3-1-2-4-5;3*1-4(2)3-5;/h1-4,8H;3*4-5H,3H2,1-2H3;/q-1;;;;. The van der Waals surface area contributed by atoms with Gasteiger partial charge < -0.3 is 15.3 Å². The predicted octanol–water partition coefficient (Wildman–Crippen LogP) is 2.67. The van der Waals surface area contributed by atoms with Crippen molar-refractivity contribution < 1.29 is 48.2 Å². The van der Waals surface area contributed by atoms with Crippen molar-refractivity contribution in [1.29, 1.82) is 0 Å². The van der Waals surface area contributed by atoms with Crippen LogP contribution in [-0.2, 0) is 25.8 Å². The summed E-state index contributed by atoms with van der Waals surface area (Å²) in [7, 11) is 0. The first kappa shape index (κ1) is 32.2. The Morgan fingerprint density at radius 3 is 1.04 bits per heavy atom. The molecule has 0 aromatic heterocycles. The van der Waals surface area contributed by atoms with Crippen LogP contribution in [0.3, 0.4) is 0 Å². The van der Waals surface area contributed by atoms with Gasteiger partial charge in [0, 0.05) is 45.7 Å². The molecule has 3 N–H and O–H groups in total. The van der Waals surface area contributed by atoms with Crippen molar-refractivity contribution in [3.8, 4) is 0 Å². The number of aliphatic hydroxyl groups excluding tert-OH is 3. The third-order valence-corrected chi connectivity index (χ3v) is 3.90. The second-order valence-corrected chi connectivity index (χ2v) is 8.91. The summed E-state index contributed by atoms with van der Waals surface area (Å²) in [4.78, 5) is 0. The molecular formula is C17H35F2GeHfO3-. The van der Waals surface area contributed by atoms with Gasteiger partial charge in [0.15, 0.2) is 0 Å². The Hall–Kier alpha value is 0.503. The minimum Gasteiger partial charge on any atom is 0 e. The zero-order chi connectivity index (χ0) is 18.8. The van der Waals surface area contributed by atoms with Crippen molar-refractivity contribution in [3.63, 3.8) is 0 Å². The first-order valence-electron chi connectivity index (χ1n) is 7.94. The number of rotatable bonds is 4. The van der Waals surface area contributed by atoms with Gasteiger partial charge in [0.1, 0.15) is 0 Å². The SMILES string of the molecule is CC(C)CO.CC(C)CO.CC(C)CO.[F][GeH]([F])[c-]1cccc1.[Hf]. The number of hydrogen-bond donors (Lipinski definition) is 3. The van der Waals surface area contributed by atoms with Crippen molar-refractivity contribution in [2.75, 3.05) is 19.8 Å². The van der Waals surface area contributed by atoms with E-state index in [4.69, 9.17) is 15.3 Å². The van der Waals surface area contributed by atoms with Gasteiger partial charge in [-0.15, -0.1) is 0 Å². The first-order chi connectivity index (χ1) is 10.6. The van der Waals surface area contributed by atoms with Gasteiger partial charge in [0.25, 0.3) is 0 Å². The molecule has 1 rings (SSSR count). The van der Waals surface area contributed by atoms with Crippen LogP contribution in [0.5, 0.6) is 0 Å². The van der Waals surface area contributed by atoms with E-state index in [1.807, 2.05) is 41.5 Å². The molecule has 0 radical (unpaired) electrons. The molecule has 0 aliphatic heterocycles. The van der Waals surface area contributed by atoms with Crippen LogP contribution in [0.15, 0.2) is 24.3 Å². The maximum absolute atomic E-state index is 11.8. The molecule has 0 saturated carbocycles. The molecule has 0 heterocycles. The summed E-state index contributed by atoms with van der Waals surface area (Å²) in [6.45, 7) is 12.7. The van der Waals surface area contributed by atoms with Crippen LogP contribution >= 0.6 is 0 Å². The van der Waals surface area contributed by atoms with Crippen LogP contribution in [-0.4, -0.2) is 50.4 Å². The summed E-state index contributed by atoms with van der Waals surface area (Å²) in [6, 6.07) is 6.27. The van der Waals surface area contributed by atoms with Crippen molar-refractivity contribution in [3.05, 3.63) is 24.3 Å². The van der Waals surface area contributed by atoms with E-state index in [1.165, 1.54) is 12.1 Å². The van der Waals surface area contributed by atoms with Gasteiger partial charge in [-0.1, -0.05) is 41.5 Å². The second-order valence-electron chi connectivity index (χ2n) is 6.25. The molecule has 1 aromatic rings. The Morgan fingerprint density at radius 2 is 0.958 bits per heavy atom. The summed E-state index contributed by atoms with van der Waals surface area (Å²) in [5.74, 6) is 1.32. The van der Waals surface area contributed by atoms with Gasteiger partial charge in [-0.2, -0.15) is 0 Å². The molecule has 0 bridgehead atoms. The Labute approximate surface area is 170 Å². The largest absolute Gasteiger partial charge is 0 e. The van der Waals surface area contributed by atoms with Gasteiger partial charge in [-0.25, -0.2) is 0 Å². The van der Waals surface area contributed by atoms with Crippen LogP contribution in [0.1, 0.15) is 41.5 Å². The van der Waals surface area contributed by atoms with Crippen LogP contribution in [0.25, 0.3) is 0 Å². The van der Waals surface area contributed by atoms with E-state index in [9.17, 15) is 7.00 Å². The average Bonchev–Trinajstić information content (AvgIpc) is 3.03. The molecule has 0 fully saturated rings. The average molecular weight is 577 g/mol. The number of hydrogen-bond acceptors (Lipinski definition) is 3. The predicted molar refractivity (Wildman–Crippen MR) is 96.8 cm³/mol. The van der Waals surface area contributed by atoms with E-state index in [-0.39, 0.29) is 30.2 Å². The second kappa shape index (κ2) is 23.5. The summed E-state index contributed by atoms with van der Waals surface area (Å²) in [6.07, 6.45) is 0. The topological polar surface area (TPSA) is 60.7 Å². The fourth-order valence-electron chi connectivity index (χ4n) is 0.534. The molecule has 0 spiro atoms. The maximum atomic E-state index is 11.8. The molecule has 1 aromatic carbocycles.